The number of nitrogens with two attached hydrogens (primary N) is 1. The van der Waals surface area contributed by atoms with Crippen LogP contribution in [-0.4, -0.2) is 31.9 Å². The maximum atomic E-state index is 11.0. The summed E-state index contributed by atoms with van der Waals surface area (Å²) in [4.78, 5) is 11.0. The second-order valence-electron chi connectivity index (χ2n) is 3.94. The summed E-state index contributed by atoms with van der Waals surface area (Å²) in [5.41, 5.74) is 1.04. The molecule has 1 unspecified atom stereocenters. The fraction of sp³-hybridized carbons (Fsp3) is 0.300. The minimum atomic E-state index is -1.43. The Kier molecular flexibility index (Phi) is 3.45. The van der Waals surface area contributed by atoms with Gasteiger partial charge in [-0.3, -0.25) is 10.6 Å². The minimum absolute atomic E-state index is 0.0692. The fourth-order valence-electron chi connectivity index (χ4n) is 1.36. The highest BCUT2D eigenvalue weighted by Gasteiger charge is 2.32. The van der Waals surface area contributed by atoms with E-state index in [0.717, 1.165) is 12.1 Å². The number of hydrazine groups is 1. The highest BCUT2D eigenvalue weighted by molar-refractivity contribution is 5.78. The van der Waals surface area contributed by atoms with Gasteiger partial charge in [-0.15, -0.1) is 0 Å². The molecule has 0 heterocycles. The molecule has 1 rings (SSSR count). The van der Waals surface area contributed by atoms with Crippen LogP contribution in [0.2, 0.25) is 0 Å². The van der Waals surface area contributed by atoms with E-state index in [9.17, 15) is 15.0 Å². The zero-order chi connectivity index (χ0) is 13.2. The van der Waals surface area contributed by atoms with Gasteiger partial charge in [-0.05, 0) is 24.6 Å². The lowest BCUT2D eigenvalue weighted by atomic mass is 9.93. The number of benzene rings is 1. The lowest BCUT2D eigenvalue weighted by Crippen LogP contribution is -2.54. The molecule has 0 aliphatic carbocycles. The van der Waals surface area contributed by atoms with Crippen LogP contribution in [0, 0.1) is 0 Å². The molecule has 7 heteroatoms. The van der Waals surface area contributed by atoms with Gasteiger partial charge >= 0.3 is 5.97 Å². The number of aromatic hydroxyl groups is 3. The second-order valence-corrected chi connectivity index (χ2v) is 3.94. The third-order valence-electron chi connectivity index (χ3n) is 2.48. The number of carboxylic acid groups (broad SMARTS) is 1. The molecule has 7 nitrogen and oxygen atoms in total. The first-order chi connectivity index (χ1) is 7.80. The summed E-state index contributed by atoms with van der Waals surface area (Å²) >= 11 is 0. The summed E-state index contributed by atoms with van der Waals surface area (Å²) < 4.78 is 0. The lowest BCUT2D eigenvalue weighted by molar-refractivity contribution is -0.144. The molecule has 0 saturated carbocycles. The van der Waals surface area contributed by atoms with E-state index < -0.39 is 28.8 Å². The average Bonchev–Trinajstić information content (AvgIpc) is 2.25. The Morgan fingerprint density at radius 1 is 1.35 bits per heavy atom. The van der Waals surface area contributed by atoms with E-state index in [4.69, 9.17) is 16.1 Å². The van der Waals surface area contributed by atoms with Crippen molar-refractivity contribution in [2.45, 2.75) is 18.9 Å². The predicted molar refractivity (Wildman–Crippen MR) is 58.5 cm³/mol. The van der Waals surface area contributed by atoms with Crippen LogP contribution >= 0.6 is 0 Å². The Labute approximate surface area is 97.1 Å². The van der Waals surface area contributed by atoms with Crippen LogP contribution in [0.1, 0.15) is 12.5 Å². The van der Waals surface area contributed by atoms with Crippen LogP contribution in [0.5, 0.6) is 17.2 Å². The molecular weight excluding hydrogens is 228 g/mol. The first-order valence-corrected chi connectivity index (χ1v) is 4.75. The SMILES string of the molecule is CC(Cc1cc(O)c(O)c(O)c1)(NN)C(=O)O. The minimum Gasteiger partial charge on any atom is -0.504 e. The van der Waals surface area contributed by atoms with Gasteiger partial charge in [-0.2, -0.15) is 0 Å². The Morgan fingerprint density at radius 2 is 1.82 bits per heavy atom. The van der Waals surface area contributed by atoms with Crippen LogP contribution in [0.15, 0.2) is 12.1 Å². The van der Waals surface area contributed by atoms with Crippen LogP contribution in [0.3, 0.4) is 0 Å². The third-order valence-corrected chi connectivity index (χ3v) is 2.48. The number of hydrogen-bond donors (Lipinski definition) is 6. The molecule has 17 heavy (non-hydrogen) atoms. The molecule has 0 bridgehead atoms. The van der Waals surface area contributed by atoms with Gasteiger partial charge in [-0.25, -0.2) is 5.43 Å². The van der Waals surface area contributed by atoms with Crippen molar-refractivity contribution < 1.29 is 25.2 Å². The summed E-state index contributed by atoms with van der Waals surface area (Å²) in [6, 6.07) is 2.32. The molecule has 0 aliphatic heterocycles. The van der Waals surface area contributed by atoms with E-state index in [1.54, 1.807) is 0 Å². The van der Waals surface area contributed by atoms with E-state index in [0.29, 0.717) is 5.56 Å². The molecule has 0 spiro atoms. The van der Waals surface area contributed by atoms with Gasteiger partial charge in [0, 0.05) is 6.42 Å². The number of phenolic OH excluding ortho intramolecular Hbond substituents is 3. The number of carboxylic acids is 1. The maximum absolute atomic E-state index is 11.0. The first kappa shape index (κ1) is 13.1. The zero-order valence-electron chi connectivity index (χ0n) is 9.14. The van der Waals surface area contributed by atoms with E-state index in [2.05, 4.69) is 5.43 Å². The van der Waals surface area contributed by atoms with Crippen LogP contribution < -0.4 is 11.3 Å². The van der Waals surface area contributed by atoms with E-state index in [1.165, 1.54) is 6.92 Å². The van der Waals surface area contributed by atoms with Crippen LogP contribution in [0.25, 0.3) is 0 Å². The molecule has 0 saturated heterocycles. The van der Waals surface area contributed by atoms with E-state index in [1.807, 2.05) is 0 Å². The average molecular weight is 242 g/mol. The van der Waals surface area contributed by atoms with Gasteiger partial charge in [0.25, 0.3) is 0 Å². The van der Waals surface area contributed by atoms with Gasteiger partial charge in [0.1, 0.15) is 5.54 Å². The number of rotatable bonds is 4. The van der Waals surface area contributed by atoms with Crippen molar-refractivity contribution in [3.05, 3.63) is 17.7 Å². The second kappa shape index (κ2) is 4.48. The molecule has 0 aromatic heterocycles. The van der Waals surface area contributed by atoms with Crippen molar-refractivity contribution in [2.75, 3.05) is 0 Å². The molecule has 1 atom stereocenters. The quantitative estimate of drug-likeness (QED) is 0.241. The lowest BCUT2D eigenvalue weighted by Gasteiger charge is -2.23. The summed E-state index contributed by atoms with van der Waals surface area (Å²) in [6.45, 7) is 1.36. The van der Waals surface area contributed by atoms with Gasteiger partial charge in [-0.1, -0.05) is 0 Å². The smallest absolute Gasteiger partial charge is 0.325 e. The number of phenols is 3. The molecule has 0 aliphatic rings. The monoisotopic (exact) mass is 242 g/mol. The molecule has 0 fully saturated rings. The molecule has 0 radical (unpaired) electrons. The van der Waals surface area contributed by atoms with Crippen molar-refractivity contribution in [1.82, 2.24) is 5.43 Å². The van der Waals surface area contributed by atoms with Gasteiger partial charge < -0.3 is 20.4 Å². The summed E-state index contributed by atoms with van der Waals surface area (Å²) in [5, 5.41) is 36.7. The molecule has 1 aromatic rings. The molecule has 1 aromatic carbocycles. The summed E-state index contributed by atoms with van der Waals surface area (Å²) in [7, 11) is 0. The first-order valence-electron chi connectivity index (χ1n) is 4.75. The molecule has 7 N–H and O–H groups in total. The van der Waals surface area contributed by atoms with E-state index in [-0.39, 0.29) is 6.42 Å². The third kappa shape index (κ3) is 2.58. The Morgan fingerprint density at radius 3 is 2.18 bits per heavy atom. The predicted octanol–water partition coefficient (Wildman–Crippen LogP) is -0.348. The Bertz CT molecular complexity index is 425. The fourth-order valence-corrected chi connectivity index (χ4v) is 1.36. The Balaban J connectivity index is 3.07. The van der Waals surface area contributed by atoms with Crippen LogP contribution in [-0.2, 0) is 11.2 Å². The highest BCUT2D eigenvalue weighted by atomic mass is 16.4. The number of carbonyl (C=O) groups is 1. The maximum Gasteiger partial charge on any atom is 0.325 e. The standard InChI is InChI=1S/C10H14N2O5/c1-10(12-11,9(16)17)4-5-2-6(13)8(15)7(14)3-5/h2-3,12-15H,4,11H2,1H3,(H,16,17). The molecular formula is C10H14N2O5. The topological polar surface area (TPSA) is 136 Å². The largest absolute Gasteiger partial charge is 0.504 e. The highest BCUT2D eigenvalue weighted by Crippen LogP contribution is 2.36. The van der Waals surface area contributed by atoms with Crippen molar-refractivity contribution in [3.8, 4) is 17.2 Å². The number of nitrogens with one attached hydrogen (secondary N) is 1. The van der Waals surface area contributed by atoms with Gasteiger partial charge in [0.05, 0.1) is 0 Å². The molecule has 94 valence electrons. The van der Waals surface area contributed by atoms with Crippen molar-refractivity contribution in [3.63, 3.8) is 0 Å². The van der Waals surface area contributed by atoms with E-state index >= 15 is 0 Å². The summed E-state index contributed by atoms with van der Waals surface area (Å²) in [6.07, 6.45) is -0.0692. The summed E-state index contributed by atoms with van der Waals surface area (Å²) in [5.74, 6) is 2.29. The number of hydrogen-bond acceptors (Lipinski definition) is 6. The van der Waals surface area contributed by atoms with Crippen molar-refractivity contribution >= 4 is 5.97 Å². The van der Waals surface area contributed by atoms with Gasteiger partial charge in [0.15, 0.2) is 17.2 Å². The Hall–Kier alpha value is -1.99. The van der Waals surface area contributed by atoms with Crippen molar-refractivity contribution in [2.24, 2.45) is 5.84 Å². The normalized spacial score (nSPS) is 14.2. The molecule has 0 amide bonds. The number of aliphatic carboxylic acids is 1. The zero-order valence-corrected chi connectivity index (χ0v) is 9.14. The van der Waals surface area contributed by atoms with Crippen LogP contribution in [0.4, 0.5) is 0 Å². The van der Waals surface area contributed by atoms with Gasteiger partial charge in [0.2, 0.25) is 0 Å². The van der Waals surface area contributed by atoms with Crippen molar-refractivity contribution in [1.29, 1.82) is 0 Å².